The van der Waals surface area contributed by atoms with Gasteiger partial charge in [-0.1, -0.05) is 101 Å². The van der Waals surface area contributed by atoms with E-state index in [1.54, 1.807) is 24.3 Å². The van der Waals surface area contributed by atoms with Crippen LogP contribution in [0.4, 0.5) is 0 Å². The maximum Gasteiger partial charge on any atom is 0.206 e. The Labute approximate surface area is 179 Å². The quantitative estimate of drug-likeness (QED) is 0.338. The van der Waals surface area contributed by atoms with Crippen LogP contribution in [0.3, 0.4) is 0 Å². The first-order valence-electron chi connectivity index (χ1n) is 8.96. The molecule has 0 spiro atoms. The lowest BCUT2D eigenvalue weighted by Gasteiger charge is -2.28. The maximum atomic E-state index is 13.5. The predicted octanol–water partition coefficient (Wildman–Crippen LogP) is 5.58. The van der Waals surface area contributed by atoms with Crippen LogP contribution in [0.5, 0.6) is 0 Å². The topological polar surface area (TPSA) is 43.4 Å². The molecule has 142 valence electrons. The second kappa shape index (κ2) is 7.72. The lowest BCUT2D eigenvalue weighted by molar-refractivity contribution is 0.0860. The molecule has 0 amide bonds. The Morgan fingerprint density at radius 1 is 0.821 bits per heavy atom. The monoisotopic (exact) mass is 502 g/mol. The molecule has 1 atom stereocenters. The summed E-state index contributed by atoms with van der Waals surface area (Å²) in [6.07, 6.45) is 0.307. The maximum absolute atomic E-state index is 13.5. The van der Waals surface area contributed by atoms with Gasteiger partial charge in [-0.15, -0.1) is 0 Å². The average Bonchev–Trinajstić information content (AvgIpc) is 3.18. The number of alkyl halides is 1. The minimum absolute atomic E-state index is 0.291. The van der Waals surface area contributed by atoms with Gasteiger partial charge in [-0.3, -0.25) is 0 Å². The molecule has 0 saturated carbocycles. The van der Waals surface area contributed by atoms with E-state index in [9.17, 15) is 8.42 Å². The van der Waals surface area contributed by atoms with Crippen molar-refractivity contribution in [2.75, 3.05) is 4.43 Å². The van der Waals surface area contributed by atoms with E-state index < -0.39 is 15.4 Å². The molecular weight excluding hydrogens is 483 g/mol. The molecule has 4 rings (SSSR count). The van der Waals surface area contributed by atoms with Crippen LogP contribution in [0.15, 0.2) is 101 Å². The van der Waals surface area contributed by atoms with Gasteiger partial charge in [0.15, 0.2) is 0 Å². The molecule has 0 aromatic heterocycles. The van der Waals surface area contributed by atoms with Gasteiger partial charge in [-0.05, 0) is 17.7 Å². The molecule has 28 heavy (non-hydrogen) atoms. The average molecular weight is 502 g/mol. The summed E-state index contributed by atoms with van der Waals surface area (Å²) in [7, 11) is -3.67. The minimum atomic E-state index is -3.67. The molecule has 0 N–H and O–H groups in total. The predicted molar refractivity (Wildman–Crippen MR) is 120 cm³/mol. The van der Waals surface area contributed by atoms with Crippen LogP contribution in [-0.2, 0) is 20.2 Å². The van der Waals surface area contributed by atoms with Gasteiger partial charge in [-0.2, -0.15) is 0 Å². The van der Waals surface area contributed by atoms with Gasteiger partial charge in [-0.25, -0.2) is 8.42 Å². The zero-order chi connectivity index (χ0) is 19.6. The normalized spacial score (nSPS) is 19.5. The second-order valence-electron chi connectivity index (χ2n) is 6.71. The zero-order valence-corrected chi connectivity index (χ0v) is 18.1. The van der Waals surface area contributed by atoms with Crippen molar-refractivity contribution in [2.45, 2.75) is 16.9 Å². The third-order valence-electron chi connectivity index (χ3n) is 4.93. The summed E-state index contributed by atoms with van der Waals surface area (Å²) in [5.74, 6) is 0.449. The molecule has 3 aromatic carbocycles. The lowest BCUT2D eigenvalue weighted by Crippen LogP contribution is -2.28. The van der Waals surface area contributed by atoms with Gasteiger partial charge in [0, 0.05) is 16.4 Å². The molecule has 0 radical (unpaired) electrons. The Morgan fingerprint density at radius 3 is 1.93 bits per heavy atom. The molecule has 1 aliphatic rings. The fourth-order valence-corrected chi connectivity index (χ4v) is 5.94. The summed E-state index contributed by atoms with van der Waals surface area (Å²) >= 11 is 2.28. The first-order chi connectivity index (χ1) is 13.6. The first-order valence-corrected chi connectivity index (χ1v) is 12.0. The summed E-state index contributed by atoms with van der Waals surface area (Å²) in [5.41, 5.74) is 1.06. The molecule has 3 aromatic rings. The Balaban J connectivity index is 1.89. The van der Waals surface area contributed by atoms with Crippen molar-refractivity contribution in [3.63, 3.8) is 0 Å². The SMILES string of the molecule is O=S(=O)(C1=C(c2ccccc2)OC(CI)(c2ccccc2)C1)c1ccccc1. The van der Waals surface area contributed by atoms with Crippen molar-refractivity contribution in [3.05, 3.63) is 107 Å². The number of halogens is 1. The van der Waals surface area contributed by atoms with Crippen LogP contribution >= 0.6 is 22.6 Å². The Bertz CT molecular complexity index is 1090. The number of hydrogen-bond acceptors (Lipinski definition) is 3. The molecule has 0 saturated heterocycles. The van der Waals surface area contributed by atoms with Gasteiger partial charge in [0.05, 0.1) is 9.80 Å². The Kier molecular flexibility index (Phi) is 5.29. The highest BCUT2D eigenvalue weighted by molar-refractivity contribution is 14.1. The van der Waals surface area contributed by atoms with Crippen molar-refractivity contribution in [1.29, 1.82) is 0 Å². The second-order valence-corrected chi connectivity index (χ2v) is 9.44. The molecule has 0 fully saturated rings. The first kappa shape index (κ1) is 19.2. The van der Waals surface area contributed by atoms with Crippen LogP contribution in [0.1, 0.15) is 17.5 Å². The van der Waals surface area contributed by atoms with Crippen LogP contribution < -0.4 is 0 Å². The summed E-state index contributed by atoms with van der Waals surface area (Å²) in [5, 5.41) is 0. The number of rotatable bonds is 5. The van der Waals surface area contributed by atoms with Crippen molar-refractivity contribution in [1.82, 2.24) is 0 Å². The minimum Gasteiger partial charge on any atom is -0.480 e. The van der Waals surface area contributed by atoms with E-state index in [0.717, 1.165) is 11.1 Å². The van der Waals surface area contributed by atoms with E-state index in [-0.39, 0.29) is 0 Å². The van der Waals surface area contributed by atoms with Gasteiger partial charge in [0.25, 0.3) is 0 Å². The fourth-order valence-electron chi connectivity index (χ4n) is 3.45. The molecule has 1 unspecified atom stereocenters. The highest BCUT2D eigenvalue weighted by Crippen LogP contribution is 2.49. The molecule has 0 bridgehead atoms. The number of sulfone groups is 1. The number of benzene rings is 3. The Hall–Kier alpha value is -2.12. The molecule has 1 heterocycles. The van der Waals surface area contributed by atoms with Crippen LogP contribution in [0, 0.1) is 0 Å². The van der Waals surface area contributed by atoms with Crippen LogP contribution in [0.25, 0.3) is 5.76 Å². The van der Waals surface area contributed by atoms with Gasteiger partial charge >= 0.3 is 0 Å². The highest BCUT2D eigenvalue weighted by atomic mass is 127. The van der Waals surface area contributed by atoms with Crippen molar-refractivity contribution in [2.24, 2.45) is 0 Å². The van der Waals surface area contributed by atoms with Gasteiger partial charge < -0.3 is 4.74 Å². The molecular formula is C23H19IO3S. The fraction of sp³-hybridized carbons (Fsp3) is 0.130. The van der Waals surface area contributed by atoms with Gasteiger partial charge in [0.2, 0.25) is 9.84 Å². The summed E-state index contributed by atoms with van der Waals surface area (Å²) in [6, 6.07) is 27.9. The number of hydrogen-bond donors (Lipinski definition) is 0. The third-order valence-corrected chi connectivity index (χ3v) is 8.03. The summed E-state index contributed by atoms with van der Waals surface area (Å²) < 4.78 is 34.1. The standard InChI is InChI=1S/C23H19IO3S/c24-17-23(19-12-6-2-7-13-19)16-21(22(27-23)18-10-4-1-5-11-18)28(25,26)20-14-8-3-9-15-20/h1-15H,16-17H2. The molecule has 0 aliphatic carbocycles. The zero-order valence-electron chi connectivity index (χ0n) is 15.1. The third kappa shape index (κ3) is 3.37. The van der Waals surface area contributed by atoms with E-state index in [1.165, 1.54) is 0 Å². The van der Waals surface area contributed by atoms with E-state index in [4.69, 9.17) is 4.74 Å². The van der Waals surface area contributed by atoms with Crippen molar-refractivity contribution < 1.29 is 13.2 Å². The van der Waals surface area contributed by atoms with E-state index in [0.29, 0.717) is 26.4 Å². The van der Waals surface area contributed by atoms with Crippen LogP contribution in [-0.4, -0.2) is 12.8 Å². The van der Waals surface area contributed by atoms with E-state index in [1.807, 2.05) is 66.7 Å². The van der Waals surface area contributed by atoms with E-state index in [2.05, 4.69) is 22.6 Å². The van der Waals surface area contributed by atoms with Crippen molar-refractivity contribution in [3.8, 4) is 0 Å². The molecule has 1 aliphatic heterocycles. The van der Waals surface area contributed by atoms with Crippen LogP contribution in [0.2, 0.25) is 0 Å². The summed E-state index contributed by atoms with van der Waals surface area (Å²) in [6.45, 7) is 0. The molecule has 5 heteroatoms. The van der Waals surface area contributed by atoms with Crippen molar-refractivity contribution >= 4 is 38.2 Å². The smallest absolute Gasteiger partial charge is 0.206 e. The number of ether oxygens (including phenoxy) is 1. The van der Waals surface area contributed by atoms with E-state index >= 15 is 0 Å². The molecule has 3 nitrogen and oxygen atoms in total. The summed E-state index contributed by atoms with van der Waals surface area (Å²) in [4.78, 5) is 0.629. The lowest BCUT2D eigenvalue weighted by atomic mass is 9.93. The highest BCUT2D eigenvalue weighted by Gasteiger charge is 2.46. The van der Waals surface area contributed by atoms with Gasteiger partial charge in [0.1, 0.15) is 11.4 Å². The largest absolute Gasteiger partial charge is 0.480 e. The Morgan fingerprint density at radius 2 is 1.36 bits per heavy atom.